The maximum absolute atomic E-state index is 5.79. The average Bonchev–Trinajstić information content (AvgIpc) is 2.79. The van der Waals surface area contributed by atoms with Gasteiger partial charge in [-0.1, -0.05) is 35.2 Å². The van der Waals surface area contributed by atoms with E-state index in [1.807, 2.05) is 0 Å². The standard InChI is InChI=1S/C15H21BrN2O/c16-13-7-11-4-5-19-15(11)12(8-13)9-14(18-17)6-10-2-1-3-10/h7-8,10,14,18H,1-6,9,17H2. The number of fused-ring (bicyclic) bond motifs is 1. The summed E-state index contributed by atoms with van der Waals surface area (Å²) in [5.74, 6) is 7.69. The summed E-state index contributed by atoms with van der Waals surface area (Å²) in [6.07, 6.45) is 7.27. The second-order valence-corrected chi connectivity index (χ2v) is 6.67. The van der Waals surface area contributed by atoms with Gasteiger partial charge in [0.1, 0.15) is 5.75 Å². The van der Waals surface area contributed by atoms with E-state index < -0.39 is 0 Å². The molecule has 0 amide bonds. The molecule has 0 aromatic heterocycles. The van der Waals surface area contributed by atoms with Crippen LogP contribution in [0.4, 0.5) is 0 Å². The van der Waals surface area contributed by atoms with Crippen LogP contribution in [0.5, 0.6) is 5.75 Å². The van der Waals surface area contributed by atoms with Gasteiger partial charge in [-0.2, -0.15) is 0 Å². The summed E-state index contributed by atoms with van der Waals surface area (Å²) in [6, 6.07) is 4.70. The first kappa shape index (κ1) is 13.4. The zero-order chi connectivity index (χ0) is 13.2. The lowest BCUT2D eigenvalue weighted by molar-refractivity contribution is 0.258. The Bertz CT molecular complexity index is 460. The molecular weight excluding hydrogens is 304 g/mol. The molecule has 1 heterocycles. The van der Waals surface area contributed by atoms with Gasteiger partial charge in [-0.25, -0.2) is 0 Å². The van der Waals surface area contributed by atoms with E-state index in [1.54, 1.807) is 0 Å². The summed E-state index contributed by atoms with van der Waals surface area (Å²) in [5, 5.41) is 0. The molecule has 0 saturated heterocycles. The molecule has 1 unspecified atom stereocenters. The van der Waals surface area contributed by atoms with E-state index in [-0.39, 0.29) is 0 Å². The van der Waals surface area contributed by atoms with E-state index in [0.29, 0.717) is 6.04 Å². The van der Waals surface area contributed by atoms with Crippen molar-refractivity contribution in [1.29, 1.82) is 0 Å². The summed E-state index contributed by atoms with van der Waals surface area (Å²) in [6.45, 7) is 0.808. The van der Waals surface area contributed by atoms with Gasteiger partial charge in [0, 0.05) is 16.9 Å². The van der Waals surface area contributed by atoms with E-state index in [4.69, 9.17) is 10.6 Å². The molecule has 0 bridgehead atoms. The molecule has 19 heavy (non-hydrogen) atoms. The van der Waals surface area contributed by atoms with Crippen LogP contribution in [0.1, 0.15) is 36.8 Å². The van der Waals surface area contributed by atoms with Crippen LogP contribution in [-0.4, -0.2) is 12.6 Å². The third-order valence-electron chi connectivity index (χ3n) is 4.37. The summed E-state index contributed by atoms with van der Waals surface area (Å²) in [7, 11) is 0. The fraction of sp³-hybridized carbons (Fsp3) is 0.600. The molecule has 4 heteroatoms. The van der Waals surface area contributed by atoms with Crippen molar-refractivity contribution in [3.05, 3.63) is 27.7 Å². The van der Waals surface area contributed by atoms with E-state index >= 15 is 0 Å². The quantitative estimate of drug-likeness (QED) is 0.646. The zero-order valence-electron chi connectivity index (χ0n) is 11.1. The molecule has 0 spiro atoms. The number of rotatable bonds is 5. The molecule has 1 aromatic carbocycles. The topological polar surface area (TPSA) is 47.3 Å². The van der Waals surface area contributed by atoms with E-state index in [2.05, 4.69) is 33.5 Å². The number of halogens is 1. The van der Waals surface area contributed by atoms with Crippen LogP contribution in [0, 0.1) is 5.92 Å². The van der Waals surface area contributed by atoms with Gasteiger partial charge in [0.15, 0.2) is 0 Å². The third kappa shape index (κ3) is 2.96. The van der Waals surface area contributed by atoms with Crippen LogP contribution in [0.25, 0.3) is 0 Å². The summed E-state index contributed by atoms with van der Waals surface area (Å²) in [5.41, 5.74) is 5.59. The predicted octanol–water partition coefficient (Wildman–Crippen LogP) is 2.95. The third-order valence-corrected chi connectivity index (χ3v) is 4.83. The molecule has 1 aliphatic heterocycles. The Labute approximate surface area is 123 Å². The average molecular weight is 325 g/mol. The van der Waals surface area contributed by atoms with Crippen LogP contribution >= 0.6 is 15.9 Å². The highest BCUT2D eigenvalue weighted by Crippen LogP contribution is 2.35. The predicted molar refractivity (Wildman–Crippen MR) is 80.1 cm³/mol. The molecule has 1 fully saturated rings. The Morgan fingerprint density at radius 2 is 2.26 bits per heavy atom. The lowest BCUT2D eigenvalue weighted by Gasteiger charge is -2.29. The van der Waals surface area contributed by atoms with Crippen molar-refractivity contribution in [2.45, 2.75) is 44.6 Å². The molecule has 1 aromatic rings. The number of ether oxygens (including phenoxy) is 1. The van der Waals surface area contributed by atoms with Crippen molar-refractivity contribution in [2.24, 2.45) is 11.8 Å². The summed E-state index contributed by atoms with van der Waals surface area (Å²) in [4.78, 5) is 0. The highest BCUT2D eigenvalue weighted by Gasteiger charge is 2.24. The van der Waals surface area contributed by atoms with Crippen LogP contribution in [0.15, 0.2) is 16.6 Å². The molecule has 3 rings (SSSR count). The van der Waals surface area contributed by atoms with Crippen molar-refractivity contribution in [3.8, 4) is 5.75 Å². The lowest BCUT2D eigenvalue weighted by atomic mass is 9.80. The normalized spacial score (nSPS) is 19.7. The first-order chi connectivity index (χ1) is 9.26. The van der Waals surface area contributed by atoms with Crippen LogP contribution in [0.2, 0.25) is 0 Å². The Hall–Kier alpha value is -0.580. The first-order valence-corrected chi connectivity index (χ1v) is 7.96. The van der Waals surface area contributed by atoms with Crippen LogP contribution in [0.3, 0.4) is 0 Å². The van der Waals surface area contributed by atoms with Gasteiger partial charge in [0.2, 0.25) is 0 Å². The van der Waals surface area contributed by atoms with E-state index in [9.17, 15) is 0 Å². The number of hydrazine groups is 1. The molecule has 1 saturated carbocycles. The molecule has 104 valence electrons. The number of nitrogens with two attached hydrogens (primary N) is 1. The molecule has 3 N–H and O–H groups in total. The minimum absolute atomic E-state index is 0.355. The molecule has 2 aliphatic rings. The molecular formula is C15H21BrN2O. The first-order valence-electron chi connectivity index (χ1n) is 7.16. The van der Waals surface area contributed by atoms with Crippen molar-refractivity contribution in [2.75, 3.05) is 6.61 Å². The number of hydrogen-bond acceptors (Lipinski definition) is 3. The highest BCUT2D eigenvalue weighted by atomic mass is 79.9. The monoisotopic (exact) mass is 324 g/mol. The molecule has 3 nitrogen and oxygen atoms in total. The number of nitrogens with one attached hydrogen (secondary N) is 1. The number of hydrogen-bond donors (Lipinski definition) is 2. The number of benzene rings is 1. The Morgan fingerprint density at radius 1 is 1.42 bits per heavy atom. The SMILES string of the molecule is NNC(Cc1cc(Br)cc2c1OCC2)CC1CCC1. The molecule has 0 radical (unpaired) electrons. The Kier molecular flexibility index (Phi) is 4.10. The van der Waals surface area contributed by atoms with Gasteiger partial charge in [-0.3, -0.25) is 11.3 Å². The van der Waals surface area contributed by atoms with E-state index in [0.717, 1.165) is 35.6 Å². The van der Waals surface area contributed by atoms with Crippen molar-refractivity contribution in [3.63, 3.8) is 0 Å². The fourth-order valence-corrected chi connectivity index (χ4v) is 3.66. The van der Waals surface area contributed by atoms with Gasteiger partial charge in [0.25, 0.3) is 0 Å². The smallest absolute Gasteiger partial charge is 0.125 e. The second kappa shape index (κ2) is 5.81. The van der Waals surface area contributed by atoms with Crippen molar-refractivity contribution in [1.82, 2.24) is 5.43 Å². The van der Waals surface area contributed by atoms with Gasteiger partial charge in [-0.05, 0) is 42.0 Å². The zero-order valence-corrected chi connectivity index (χ0v) is 12.7. The summed E-state index contributed by atoms with van der Waals surface area (Å²) >= 11 is 3.60. The highest BCUT2D eigenvalue weighted by molar-refractivity contribution is 9.10. The van der Waals surface area contributed by atoms with E-state index in [1.165, 1.54) is 36.8 Å². The maximum atomic E-state index is 5.79. The molecule has 1 aliphatic carbocycles. The van der Waals surface area contributed by atoms with Gasteiger partial charge < -0.3 is 4.74 Å². The Morgan fingerprint density at radius 3 is 2.95 bits per heavy atom. The van der Waals surface area contributed by atoms with Gasteiger partial charge >= 0.3 is 0 Å². The largest absolute Gasteiger partial charge is 0.493 e. The minimum atomic E-state index is 0.355. The van der Waals surface area contributed by atoms with Crippen molar-refractivity contribution < 1.29 is 4.74 Å². The molecule has 1 atom stereocenters. The fourth-order valence-electron chi connectivity index (χ4n) is 3.10. The maximum Gasteiger partial charge on any atom is 0.125 e. The second-order valence-electron chi connectivity index (χ2n) is 5.75. The van der Waals surface area contributed by atoms with Crippen molar-refractivity contribution >= 4 is 15.9 Å². The van der Waals surface area contributed by atoms with Gasteiger partial charge in [-0.15, -0.1) is 0 Å². The lowest BCUT2D eigenvalue weighted by Crippen LogP contribution is -2.39. The Balaban J connectivity index is 1.74. The minimum Gasteiger partial charge on any atom is -0.493 e. The van der Waals surface area contributed by atoms with Crippen LogP contribution < -0.4 is 16.0 Å². The summed E-state index contributed by atoms with van der Waals surface area (Å²) < 4.78 is 6.93. The van der Waals surface area contributed by atoms with Crippen LogP contribution in [-0.2, 0) is 12.8 Å². The van der Waals surface area contributed by atoms with Gasteiger partial charge in [0.05, 0.1) is 6.61 Å².